The van der Waals surface area contributed by atoms with E-state index in [2.05, 4.69) is 58.5 Å². The Morgan fingerprint density at radius 2 is 1.81 bits per heavy atom. The second-order valence-corrected chi connectivity index (χ2v) is 8.73. The number of aliphatic imine (C=N–C) groups is 1. The van der Waals surface area contributed by atoms with Crippen molar-refractivity contribution in [2.75, 3.05) is 59.0 Å². The number of morpholine rings is 1. The van der Waals surface area contributed by atoms with Crippen molar-refractivity contribution in [2.24, 2.45) is 10.9 Å². The standard InChI is InChI=1S/C24H41N5O.HI/c1-3-25-24(26-11-5-13-28-14-16-30-17-15-28)27-18-22-7-9-23(10-8-22)20-29-12-4-6-21(2)19-29;/h7-10,21H,3-6,11-20H2,1-2H3,(H2,25,26,27);1H. The van der Waals surface area contributed by atoms with Gasteiger partial charge in [0.2, 0.25) is 0 Å². The van der Waals surface area contributed by atoms with Crippen LogP contribution in [-0.4, -0.2) is 74.8 Å². The van der Waals surface area contributed by atoms with Gasteiger partial charge in [-0.05, 0) is 56.3 Å². The molecule has 2 saturated heterocycles. The van der Waals surface area contributed by atoms with Crippen LogP contribution < -0.4 is 10.6 Å². The van der Waals surface area contributed by atoms with E-state index in [-0.39, 0.29) is 24.0 Å². The minimum atomic E-state index is 0. The summed E-state index contributed by atoms with van der Waals surface area (Å²) in [6, 6.07) is 9.00. The number of halogens is 1. The first-order chi connectivity index (χ1) is 14.7. The lowest BCUT2D eigenvalue weighted by molar-refractivity contribution is 0.0376. The molecule has 0 amide bonds. The Kier molecular flexibility index (Phi) is 12.8. The van der Waals surface area contributed by atoms with E-state index in [1.165, 1.54) is 37.1 Å². The van der Waals surface area contributed by atoms with Gasteiger partial charge in [-0.1, -0.05) is 31.2 Å². The van der Waals surface area contributed by atoms with Gasteiger partial charge in [-0.3, -0.25) is 9.80 Å². The summed E-state index contributed by atoms with van der Waals surface area (Å²) in [5, 5.41) is 6.83. The van der Waals surface area contributed by atoms with Crippen molar-refractivity contribution < 1.29 is 4.74 Å². The molecule has 0 spiro atoms. The van der Waals surface area contributed by atoms with Crippen LogP contribution in [0.2, 0.25) is 0 Å². The van der Waals surface area contributed by atoms with Crippen LogP contribution in [0.4, 0.5) is 0 Å². The molecule has 2 N–H and O–H groups in total. The maximum atomic E-state index is 5.41. The molecule has 176 valence electrons. The van der Waals surface area contributed by atoms with Gasteiger partial charge in [-0.2, -0.15) is 0 Å². The monoisotopic (exact) mass is 543 g/mol. The maximum Gasteiger partial charge on any atom is 0.191 e. The molecule has 2 aliphatic heterocycles. The highest BCUT2D eigenvalue weighted by Gasteiger charge is 2.16. The Balaban J connectivity index is 0.00000341. The van der Waals surface area contributed by atoms with Crippen LogP contribution >= 0.6 is 24.0 Å². The highest BCUT2D eigenvalue weighted by Crippen LogP contribution is 2.18. The van der Waals surface area contributed by atoms with E-state index < -0.39 is 0 Å². The average Bonchev–Trinajstić information content (AvgIpc) is 2.77. The summed E-state index contributed by atoms with van der Waals surface area (Å²) in [7, 11) is 0. The van der Waals surface area contributed by atoms with Crippen molar-refractivity contribution in [3.63, 3.8) is 0 Å². The summed E-state index contributed by atoms with van der Waals surface area (Å²) in [6.45, 7) is 15.5. The molecule has 2 aliphatic rings. The van der Waals surface area contributed by atoms with Crippen molar-refractivity contribution in [1.29, 1.82) is 0 Å². The normalized spacial score (nSPS) is 20.8. The number of guanidine groups is 1. The third-order valence-electron chi connectivity index (χ3n) is 5.98. The van der Waals surface area contributed by atoms with Crippen molar-refractivity contribution in [1.82, 2.24) is 20.4 Å². The second-order valence-electron chi connectivity index (χ2n) is 8.73. The van der Waals surface area contributed by atoms with Gasteiger partial charge in [-0.15, -0.1) is 24.0 Å². The summed E-state index contributed by atoms with van der Waals surface area (Å²) in [5.41, 5.74) is 2.67. The number of hydrogen-bond acceptors (Lipinski definition) is 4. The van der Waals surface area contributed by atoms with Crippen molar-refractivity contribution in [3.8, 4) is 0 Å². The molecule has 0 radical (unpaired) electrons. The van der Waals surface area contributed by atoms with Crippen LogP contribution in [0.1, 0.15) is 44.2 Å². The molecule has 1 unspecified atom stereocenters. The van der Waals surface area contributed by atoms with Gasteiger partial charge < -0.3 is 15.4 Å². The number of ether oxygens (including phenoxy) is 1. The first kappa shape index (κ1) is 26.4. The molecule has 6 nitrogen and oxygen atoms in total. The van der Waals surface area contributed by atoms with Gasteiger partial charge in [-0.25, -0.2) is 4.99 Å². The van der Waals surface area contributed by atoms with E-state index in [1.807, 2.05) is 0 Å². The number of rotatable bonds is 9. The Bertz CT molecular complexity index is 633. The molecule has 0 aliphatic carbocycles. The lowest BCUT2D eigenvalue weighted by Gasteiger charge is -2.30. The van der Waals surface area contributed by atoms with Crippen LogP contribution in [0.25, 0.3) is 0 Å². The number of nitrogens with one attached hydrogen (secondary N) is 2. The molecule has 7 heteroatoms. The fourth-order valence-electron chi connectivity index (χ4n) is 4.28. The van der Waals surface area contributed by atoms with Crippen LogP contribution in [0, 0.1) is 5.92 Å². The number of likely N-dealkylation sites (tertiary alicyclic amines) is 1. The summed E-state index contributed by atoms with van der Waals surface area (Å²) in [6.07, 6.45) is 3.83. The predicted molar refractivity (Wildman–Crippen MR) is 140 cm³/mol. The molecular weight excluding hydrogens is 501 g/mol. The van der Waals surface area contributed by atoms with E-state index in [1.54, 1.807) is 0 Å². The lowest BCUT2D eigenvalue weighted by atomic mass is 9.99. The second kappa shape index (κ2) is 15.0. The molecular formula is C24H42IN5O. The van der Waals surface area contributed by atoms with E-state index >= 15 is 0 Å². The minimum absolute atomic E-state index is 0. The third-order valence-corrected chi connectivity index (χ3v) is 5.98. The summed E-state index contributed by atoms with van der Waals surface area (Å²) < 4.78 is 5.41. The topological polar surface area (TPSA) is 52.1 Å². The zero-order valence-corrected chi connectivity index (χ0v) is 21.8. The van der Waals surface area contributed by atoms with Gasteiger partial charge in [0.05, 0.1) is 19.8 Å². The van der Waals surface area contributed by atoms with E-state index in [9.17, 15) is 0 Å². The third kappa shape index (κ3) is 10.1. The Labute approximate surface area is 206 Å². The molecule has 2 heterocycles. The van der Waals surface area contributed by atoms with Crippen LogP contribution in [0.5, 0.6) is 0 Å². The molecule has 0 bridgehead atoms. The van der Waals surface area contributed by atoms with Crippen molar-refractivity contribution in [3.05, 3.63) is 35.4 Å². The van der Waals surface area contributed by atoms with Crippen LogP contribution in [-0.2, 0) is 17.8 Å². The van der Waals surface area contributed by atoms with Gasteiger partial charge in [0.15, 0.2) is 5.96 Å². The van der Waals surface area contributed by atoms with Crippen molar-refractivity contribution in [2.45, 2.75) is 46.2 Å². The average molecular weight is 544 g/mol. The Hall–Kier alpha value is -0.900. The first-order valence-electron chi connectivity index (χ1n) is 11.9. The summed E-state index contributed by atoms with van der Waals surface area (Å²) in [5.74, 6) is 1.74. The Morgan fingerprint density at radius 1 is 1.06 bits per heavy atom. The molecule has 0 aromatic heterocycles. The number of hydrogen-bond donors (Lipinski definition) is 2. The summed E-state index contributed by atoms with van der Waals surface area (Å²) >= 11 is 0. The first-order valence-corrected chi connectivity index (χ1v) is 11.9. The van der Waals surface area contributed by atoms with Gasteiger partial charge in [0, 0.05) is 39.3 Å². The highest BCUT2D eigenvalue weighted by molar-refractivity contribution is 14.0. The molecule has 1 atom stereocenters. The molecule has 2 fully saturated rings. The lowest BCUT2D eigenvalue weighted by Crippen LogP contribution is -2.40. The fourth-order valence-corrected chi connectivity index (χ4v) is 4.28. The van der Waals surface area contributed by atoms with Gasteiger partial charge in [0.25, 0.3) is 0 Å². The van der Waals surface area contributed by atoms with Gasteiger partial charge >= 0.3 is 0 Å². The van der Waals surface area contributed by atoms with E-state index in [0.717, 1.165) is 70.8 Å². The fraction of sp³-hybridized carbons (Fsp3) is 0.708. The zero-order chi connectivity index (χ0) is 21.0. The zero-order valence-electron chi connectivity index (χ0n) is 19.4. The minimum Gasteiger partial charge on any atom is -0.379 e. The highest BCUT2D eigenvalue weighted by atomic mass is 127. The molecule has 1 aromatic rings. The van der Waals surface area contributed by atoms with Crippen molar-refractivity contribution >= 4 is 29.9 Å². The molecule has 31 heavy (non-hydrogen) atoms. The Morgan fingerprint density at radius 3 is 2.52 bits per heavy atom. The van der Waals surface area contributed by atoms with Crippen LogP contribution in [0.15, 0.2) is 29.3 Å². The number of piperidine rings is 1. The molecule has 1 aromatic carbocycles. The smallest absolute Gasteiger partial charge is 0.191 e. The predicted octanol–water partition coefficient (Wildman–Crippen LogP) is 3.31. The molecule has 0 saturated carbocycles. The number of nitrogens with zero attached hydrogens (tertiary/aromatic N) is 3. The SMILES string of the molecule is CCNC(=NCc1ccc(CN2CCCC(C)C2)cc1)NCCCN1CCOCC1.I. The quantitative estimate of drug-likeness (QED) is 0.217. The maximum absolute atomic E-state index is 5.41. The summed E-state index contributed by atoms with van der Waals surface area (Å²) in [4.78, 5) is 9.84. The van der Waals surface area contributed by atoms with Gasteiger partial charge in [0.1, 0.15) is 0 Å². The number of benzene rings is 1. The van der Waals surface area contributed by atoms with E-state index in [4.69, 9.17) is 9.73 Å². The molecule has 3 rings (SSSR count). The van der Waals surface area contributed by atoms with E-state index in [0.29, 0.717) is 6.54 Å². The largest absolute Gasteiger partial charge is 0.379 e. The van der Waals surface area contributed by atoms with Crippen LogP contribution in [0.3, 0.4) is 0 Å².